The summed E-state index contributed by atoms with van der Waals surface area (Å²) >= 11 is 5.43. The van der Waals surface area contributed by atoms with Crippen molar-refractivity contribution in [2.24, 2.45) is 0 Å². The standard InChI is InChI=1S/C17H19N3O2S/c1-12-7-9-15(10-8-12)18-17(23)19(3)13(2)14-5-4-6-16(11-14)20(21)22/h4-11,13H,1-3H3,(H,18,23)/t13-/m0/s1. The molecule has 0 aliphatic heterocycles. The Hall–Kier alpha value is -2.47. The van der Waals surface area contributed by atoms with Gasteiger partial charge in [0.2, 0.25) is 0 Å². The molecule has 0 heterocycles. The number of aryl methyl sites for hydroxylation is 1. The van der Waals surface area contributed by atoms with Crippen LogP contribution >= 0.6 is 12.2 Å². The molecule has 23 heavy (non-hydrogen) atoms. The van der Waals surface area contributed by atoms with Crippen molar-refractivity contribution >= 4 is 28.7 Å². The van der Waals surface area contributed by atoms with Gasteiger partial charge >= 0.3 is 0 Å². The molecule has 0 aliphatic carbocycles. The lowest BCUT2D eigenvalue weighted by atomic mass is 10.1. The molecule has 0 saturated carbocycles. The van der Waals surface area contributed by atoms with E-state index in [1.165, 1.54) is 11.6 Å². The van der Waals surface area contributed by atoms with Gasteiger partial charge in [-0.25, -0.2) is 0 Å². The van der Waals surface area contributed by atoms with E-state index >= 15 is 0 Å². The molecular formula is C17H19N3O2S. The minimum Gasteiger partial charge on any atom is -0.345 e. The van der Waals surface area contributed by atoms with Gasteiger partial charge < -0.3 is 10.2 Å². The lowest BCUT2D eigenvalue weighted by molar-refractivity contribution is -0.384. The molecular weight excluding hydrogens is 310 g/mol. The summed E-state index contributed by atoms with van der Waals surface area (Å²) in [5.41, 5.74) is 3.02. The van der Waals surface area contributed by atoms with Crippen LogP contribution in [0.2, 0.25) is 0 Å². The number of hydrogen-bond donors (Lipinski definition) is 1. The van der Waals surface area contributed by atoms with E-state index in [0.29, 0.717) is 5.11 Å². The molecule has 2 aromatic rings. The molecule has 0 saturated heterocycles. The number of thiocarbonyl (C=S) groups is 1. The van der Waals surface area contributed by atoms with Crippen molar-refractivity contribution < 1.29 is 4.92 Å². The summed E-state index contributed by atoms with van der Waals surface area (Å²) in [5, 5.41) is 14.6. The molecule has 1 N–H and O–H groups in total. The molecule has 0 amide bonds. The maximum atomic E-state index is 10.9. The van der Waals surface area contributed by atoms with Gasteiger partial charge in [0.1, 0.15) is 0 Å². The number of anilines is 1. The summed E-state index contributed by atoms with van der Waals surface area (Å²) in [4.78, 5) is 12.4. The van der Waals surface area contributed by atoms with E-state index in [-0.39, 0.29) is 16.7 Å². The first-order valence-corrected chi connectivity index (χ1v) is 7.64. The zero-order valence-corrected chi connectivity index (χ0v) is 14.1. The van der Waals surface area contributed by atoms with Gasteiger partial charge in [-0.3, -0.25) is 10.1 Å². The predicted octanol–water partition coefficient (Wildman–Crippen LogP) is 4.29. The molecule has 0 spiro atoms. The number of rotatable bonds is 4. The second-order valence-electron chi connectivity index (χ2n) is 5.44. The van der Waals surface area contributed by atoms with Crippen LogP contribution in [0.1, 0.15) is 24.1 Å². The molecule has 5 nitrogen and oxygen atoms in total. The number of nitro groups is 1. The highest BCUT2D eigenvalue weighted by Crippen LogP contribution is 2.23. The zero-order chi connectivity index (χ0) is 17.0. The lowest BCUT2D eigenvalue weighted by Crippen LogP contribution is -2.33. The number of nitro benzene ring substituents is 1. The normalized spacial score (nSPS) is 11.6. The van der Waals surface area contributed by atoms with E-state index in [2.05, 4.69) is 5.32 Å². The van der Waals surface area contributed by atoms with E-state index in [9.17, 15) is 10.1 Å². The summed E-state index contributed by atoms with van der Waals surface area (Å²) < 4.78 is 0. The van der Waals surface area contributed by atoms with Crippen molar-refractivity contribution in [1.29, 1.82) is 0 Å². The number of benzene rings is 2. The van der Waals surface area contributed by atoms with Crippen LogP contribution in [-0.2, 0) is 0 Å². The van der Waals surface area contributed by atoms with Crippen LogP contribution in [0.25, 0.3) is 0 Å². The molecule has 0 fully saturated rings. The van der Waals surface area contributed by atoms with Crippen molar-refractivity contribution in [3.8, 4) is 0 Å². The molecule has 2 rings (SSSR count). The number of nitrogens with one attached hydrogen (secondary N) is 1. The predicted molar refractivity (Wildman–Crippen MR) is 96.7 cm³/mol. The van der Waals surface area contributed by atoms with Crippen LogP contribution in [0, 0.1) is 17.0 Å². The average Bonchev–Trinajstić information content (AvgIpc) is 2.55. The minimum absolute atomic E-state index is 0.0830. The van der Waals surface area contributed by atoms with Crippen molar-refractivity contribution in [2.75, 3.05) is 12.4 Å². The average molecular weight is 329 g/mol. The maximum Gasteiger partial charge on any atom is 0.269 e. The van der Waals surface area contributed by atoms with E-state index in [1.807, 2.05) is 56.1 Å². The highest BCUT2D eigenvalue weighted by atomic mass is 32.1. The fourth-order valence-corrected chi connectivity index (χ4v) is 2.42. The Morgan fingerprint density at radius 3 is 2.52 bits per heavy atom. The topological polar surface area (TPSA) is 58.4 Å². The first-order valence-electron chi connectivity index (χ1n) is 7.23. The first kappa shape index (κ1) is 16.9. The third kappa shape index (κ3) is 4.26. The van der Waals surface area contributed by atoms with Crippen LogP contribution in [0.4, 0.5) is 11.4 Å². The van der Waals surface area contributed by atoms with Gasteiger partial charge in [-0.2, -0.15) is 0 Å². The quantitative estimate of drug-likeness (QED) is 0.515. The number of non-ortho nitro benzene ring substituents is 1. The van der Waals surface area contributed by atoms with Crippen molar-refractivity contribution in [3.63, 3.8) is 0 Å². The Bertz CT molecular complexity index is 716. The number of hydrogen-bond acceptors (Lipinski definition) is 3. The van der Waals surface area contributed by atoms with Crippen molar-refractivity contribution in [2.45, 2.75) is 19.9 Å². The molecule has 0 aliphatic rings. The lowest BCUT2D eigenvalue weighted by Gasteiger charge is -2.28. The maximum absolute atomic E-state index is 10.9. The SMILES string of the molecule is Cc1ccc(NC(=S)N(C)[C@@H](C)c2cccc([N+](=O)[O-])c2)cc1. The third-order valence-corrected chi connectivity index (χ3v) is 4.16. The van der Waals surface area contributed by atoms with Crippen LogP contribution in [-0.4, -0.2) is 22.0 Å². The van der Waals surface area contributed by atoms with Crippen LogP contribution in [0.3, 0.4) is 0 Å². The van der Waals surface area contributed by atoms with E-state index < -0.39 is 0 Å². The highest BCUT2D eigenvalue weighted by Gasteiger charge is 2.17. The highest BCUT2D eigenvalue weighted by molar-refractivity contribution is 7.80. The van der Waals surface area contributed by atoms with Gasteiger partial charge in [0.25, 0.3) is 5.69 Å². The summed E-state index contributed by atoms with van der Waals surface area (Å²) in [6.45, 7) is 3.99. The summed E-state index contributed by atoms with van der Waals surface area (Å²) in [5.74, 6) is 0. The van der Waals surface area contributed by atoms with Crippen molar-refractivity contribution in [3.05, 3.63) is 69.8 Å². The van der Waals surface area contributed by atoms with E-state index in [1.54, 1.807) is 12.1 Å². The summed E-state index contributed by atoms with van der Waals surface area (Å²) in [7, 11) is 1.87. The summed E-state index contributed by atoms with van der Waals surface area (Å²) in [6, 6.07) is 14.5. The molecule has 0 radical (unpaired) electrons. The fourth-order valence-electron chi connectivity index (χ4n) is 2.15. The van der Waals surface area contributed by atoms with Gasteiger partial charge in [-0.1, -0.05) is 29.8 Å². The molecule has 120 valence electrons. The smallest absolute Gasteiger partial charge is 0.269 e. The molecule has 0 aromatic heterocycles. The van der Waals surface area contributed by atoms with Gasteiger partial charge in [0.15, 0.2) is 5.11 Å². The van der Waals surface area contributed by atoms with Crippen LogP contribution in [0.5, 0.6) is 0 Å². The minimum atomic E-state index is -0.390. The molecule has 0 unspecified atom stereocenters. The largest absolute Gasteiger partial charge is 0.345 e. The molecule has 0 bridgehead atoms. The van der Waals surface area contributed by atoms with Gasteiger partial charge in [0.05, 0.1) is 11.0 Å². The first-order chi connectivity index (χ1) is 10.9. The van der Waals surface area contributed by atoms with Gasteiger partial charge in [0, 0.05) is 24.9 Å². The Labute approximate surface area is 141 Å². The summed E-state index contributed by atoms with van der Waals surface area (Å²) in [6.07, 6.45) is 0. The van der Waals surface area contributed by atoms with E-state index in [4.69, 9.17) is 12.2 Å². The van der Waals surface area contributed by atoms with Crippen LogP contribution in [0.15, 0.2) is 48.5 Å². The Morgan fingerprint density at radius 1 is 1.26 bits per heavy atom. The monoisotopic (exact) mass is 329 g/mol. The fraction of sp³-hybridized carbons (Fsp3) is 0.235. The molecule has 1 atom stereocenters. The van der Waals surface area contributed by atoms with Gasteiger partial charge in [-0.05, 0) is 43.8 Å². The molecule has 6 heteroatoms. The van der Waals surface area contributed by atoms with Crippen molar-refractivity contribution in [1.82, 2.24) is 4.90 Å². The Balaban J connectivity index is 2.10. The number of nitrogens with zero attached hydrogens (tertiary/aromatic N) is 2. The Kier molecular flexibility index (Phi) is 5.28. The van der Waals surface area contributed by atoms with Crippen LogP contribution < -0.4 is 5.32 Å². The second-order valence-corrected chi connectivity index (χ2v) is 5.82. The third-order valence-electron chi connectivity index (χ3n) is 3.77. The molecule has 2 aromatic carbocycles. The Morgan fingerprint density at radius 2 is 1.91 bits per heavy atom. The zero-order valence-electron chi connectivity index (χ0n) is 13.3. The second kappa shape index (κ2) is 7.19. The van der Waals surface area contributed by atoms with Gasteiger partial charge in [-0.15, -0.1) is 0 Å². The van der Waals surface area contributed by atoms with E-state index in [0.717, 1.165) is 11.3 Å².